The summed E-state index contributed by atoms with van der Waals surface area (Å²) >= 11 is 0. The second-order valence-corrected chi connectivity index (χ2v) is 4.48. The fourth-order valence-corrected chi connectivity index (χ4v) is 1.97. The molecule has 104 valence electrons. The number of hydrogen-bond acceptors (Lipinski definition) is 3. The van der Waals surface area contributed by atoms with Gasteiger partial charge in [0.2, 0.25) is 0 Å². The summed E-state index contributed by atoms with van der Waals surface area (Å²) < 4.78 is 7.39. The number of hydrogen-bond donors (Lipinski definition) is 1. The van der Waals surface area contributed by atoms with E-state index in [1.54, 1.807) is 0 Å². The SMILES string of the molecule is CCCNC(CCCOCC)c1cnn(CC)c1. The Morgan fingerprint density at radius 3 is 2.83 bits per heavy atom. The van der Waals surface area contributed by atoms with Crippen molar-refractivity contribution >= 4 is 0 Å². The lowest BCUT2D eigenvalue weighted by atomic mass is 10.1. The molecular formula is C14H27N3O. The highest BCUT2D eigenvalue weighted by Gasteiger charge is 2.12. The molecule has 1 atom stereocenters. The van der Waals surface area contributed by atoms with Crippen LogP contribution in [0.3, 0.4) is 0 Å². The van der Waals surface area contributed by atoms with E-state index < -0.39 is 0 Å². The van der Waals surface area contributed by atoms with Crippen LogP contribution in [0.5, 0.6) is 0 Å². The van der Waals surface area contributed by atoms with Crippen LogP contribution in [0.15, 0.2) is 12.4 Å². The quantitative estimate of drug-likeness (QED) is 0.652. The fraction of sp³-hybridized carbons (Fsp3) is 0.786. The number of rotatable bonds is 10. The lowest BCUT2D eigenvalue weighted by molar-refractivity contribution is 0.141. The molecule has 1 aromatic heterocycles. The normalized spacial score (nSPS) is 12.8. The van der Waals surface area contributed by atoms with Crippen molar-refractivity contribution in [2.24, 2.45) is 0 Å². The molecule has 0 spiro atoms. The molecule has 0 amide bonds. The molecular weight excluding hydrogens is 226 g/mol. The lowest BCUT2D eigenvalue weighted by Crippen LogP contribution is -2.22. The van der Waals surface area contributed by atoms with E-state index in [4.69, 9.17) is 4.74 Å². The molecule has 0 aliphatic heterocycles. The zero-order chi connectivity index (χ0) is 13.2. The van der Waals surface area contributed by atoms with Crippen LogP contribution < -0.4 is 5.32 Å². The van der Waals surface area contributed by atoms with E-state index in [1.807, 2.05) is 17.8 Å². The number of ether oxygens (including phenoxy) is 1. The van der Waals surface area contributed by atoms with Crippen molar-refractivity contribution in [3.05, 3.63) is 18.0 Å². The van der Waals surface area contributed by atoms with Crippen molar-refractivity contribution in [2.75, 3.05) is 19.8 Å². The van der Waals surface area contributed by atoms with Crippen molar-refractivity contribution in [1.82, 2.24) is 15.1 Å². The van der Waals surface area contributed by atoms with Gasteiger partial charge in [-0.15, -0.1) is 0 Å². The molecule has 18 heavy (non-hydrogen) atoms. The summed E-state index contributed by atoms with van der Waals surface area (Å²) in [6.07, 6.45) is 7.48. The highest BCUT2D eigenvalue weighted by molar-refractivity contribution is 5.10. The van der Waals surface area contributed by atoms with Crippen LogP contribution in [0.1, 0.15) is 51.6 Å². The van der Waals surface area contributed by atoms with Gasteiger partial charge in [0.25, 0.3) is 0 Å². The van der Waals surface area contributed by atoms with Gasteiger partial charge in [-0.1, -0.05) is 6.92 Å². The first kappa shape index (κ1) is 15.2. The maximum absolute atomic E-state index is 5.40. The molecule has 4 nitrogen and oxygen atoms in total. The van der Waals surface area contributed by atoms with Crippen molar-refractivity contribution in [3.63, 3.8) is 0 Å². The standard InChI is InChI=1S/C14H27N3O/c1-4-9-15-14(8-7-10-18-6-3)13-11-16-17(5-2)12-13/h11-12,14-15H,4-10H2,1-3H3. The Balaban J connectivity index is 2.48. The Labute approximate surface area is 111 Å². The van der Waals surface area contributed by atoms with Crippen LogP contribution in [-0.2, 0) is 11.3 Å². The minimum absolute atomic E-state index is 0.408. The predicted octanol–water partition coefficient (Wildman–Crippen LogP) is 2.76. The van der Waals surface area contributed by atoms with Crippen LogP contribution in [0.25, 0.3) is 0 Å². The van der Waals surface area contributed by atoms with Gasteiger partial charge in [0, 0.05) is 37.6 Å². The van der Waals surface area contributed by atoms with Crippen LogP contribution in [0, 0.1) is 0 Å². The highest BCUT2D eigenvalue weighted by atomic mass is 16.5. The van der Waals surface area contributed by atoms with E-state index in [9.17, 15) is 0 Å². The van der Waals surface area contributed by atoms with Crippen molar-refractivity contribution in [2.45, 2.75) is 52.6 Å². The monoisotopic (exact) mass is 253 g/mol. The Hall–Kier alpha value is -0.870. The predicted molar refractivity (Wildman–Crippen MR) is 74.7 cm³/mol. The molecule has 1 heterocycles. The third kappa shape index (κ3) is 5.19. The number of aryl methyl sites for hydroxylation is 1. The first-order valence-corrected chi connectivity index (χ1v) is 7.15. The summed E-state index contributed by atoms with van der Waals surface area (Å²) in [6.45, 7) is 9.98. The second kappa shape index (κ2) is 9.11. The lowest BCUT2D eigenvalue weighted by Gasteiger charge is -2.17. The first-order valence-electron chi connectivity index (χ1n) is 7.15. The molecule has 0 saturated heterocycles. The van der Waals surface area contributed by atoms with E-state index in [2.05, 4.69) is 30.5 Å². The third-order valence-electron chi connectivity index (χ3n) is 3.01. The van der Waals surface area contributed by atoms with E-state index in [0.717, 1.165) is 45.6 Å². The fourth-order valence-electron chi connectivity index (χ4n) is 1.97. The van der Waals surface area contributed by atoms with Gasteiger partial charge in [0.15, 0.2) is 0 Å². The van der Waals surface area contributed by atoms with Gasteiger partial charge >= 0.3 is 0 Å². The van der Waals surface area contributed by atoms with Crippen LogP contribution >= 0.6 is 0 Å². The molecule has 0 saturated carbocycles. The van der Waals surface area contributed by atoms with E-state index in [1.165, 1.54) is 5.56 Å². The van der Waals surface area contributed by atoms with Crippen LogP contribution in [0.4, 0.5) is 0 Å². The van der Waals surface area contributed by atoms with Crippen molar-refractivity contribution in [3.8, 4) is 0 Å². The second-order valence-electron chi connectivity index (χ2n) is 4.48. The van der Waals surface area contributed by atoms with Gasteiger partial charge in [0.05, 0.1) is 6.20 Å². The van der Waals surface area contributed by atoms with Crippen LogP contribution in [-0.4, -0.2) is 29.5 Å². The minimum Gasteiger partial charge on any atom is -0.382 e. The zero-order valence-electron chi connectivity index (χ0n) is 12.0. The molecule has 4 heteroatoms. The Morgan fingerprint density at radius 2 is 2.22 bits per heavy atom. The molecule has 0 aliphatic carbocycles. The summed E-state index contributed by atoms with van der Waals surface area (Å²) in [6, 6.07) is 0.408. The molecule has 1 rings (SSSR count). The molecule has 1 unspecified atom stereocenters. The summed E-state index contributed by atoms with van der Waals surface area (Å²) in [7, 11) is 0. The number of nitrogens with one attached hydrogen (secondary N) is 1. The average molecular weight is 253 g/mol. The summed E-state index contributed by atoms with van der Waals surface area (Å²) in [5.41, 5.74) is 1.29. The number of aromatic nitrogens is 2. The number of nitrogens with zero attached hydrogens (tertiary/aromatic N) is 2. The summed E-state index contributed by atoms with van der Waals surface area (Å²) in [5, 5.41) is 7.94. The summed E-state index contributed by atoms with van der Waals surface area (Å²) in [4.78, 5) is 0. The Bertz CT molecular complexity index is 312. The molecule has 0 radical (unpaired) electrons. The molecule has 0 fully saturated rings. The van der Waals surface area contributed by atoms with Gasteiger partial charge in [-0.3, -0.25) is 4.68 Å². The minimum atomic E-state index is 0.408. The van der Waals surface area contributed by atoms with E-state index >= 15 is 0 Å². The van der Waals surface area contributed by atoms with Crippen molar-refractivity contribution < 1.29 is 4.74 Å². The molecule has 1 aromatic rings. The smallest absolute Gasteiger partial charge is 0.0537 e. The van der Waals surface area contributed by atoms with Crippen molar-refractivity contribution in [1.29, 1.82) is 0 Å². The highest BCUT2D eigenvalue weighted by Crippen LogP contribution is 2.18. The summed E-state index contributed by atoms with van der Waals surface area (Å²) in [5.74, 6) is 0. The molecule has 0 bridgehead atoms. The largest absolute Gasteiger partial charge is 0.382 e. The first-order chi connectivity index (χ1) is 8.81. The van der Waals surface area contributed by atoms with E-state index in [0.29, 0.717) is 6.04 Å². The van der Waals surface area contributed by atoms with Gasteiger partial charge in [-0.05, 0) is 39.7 Å². The average Bonchev–Trinajstić information content (AvgIpc) is 2.86. The maximum atomic E-state index is 5.40. The topological polar surface area (TPSA) is 39.1 Å². The van der Waals surface area contributed by atoms with Gasteiger partial charge in [-0.2, -0.15) is 5.10 Å². The Kier molecular flexibility index (Phi) is 7.69. The van der Waals surface area contributed by atoms with Gasteiger partial charge in [-0.25, -0.2) is 0 Å². The van der Waals surface area contributed by atoms with E-state index in [-0.39, 0.29) is 0 Å². The molecule has 1 N–H and O–H groups in total. The van der Waals surface area contributed by atoms with Gasteiger partial charge < -0.3 is 10.1 Å². The van der Waals surface area contributed by atoms with Gasteiger partial charge in [0.1, 0.15) is 0 Å². The third-order valence-corrected chi connectivity index (χ3v) is 3.01. The zero-order valence-corrected chi connectivity index (χ0v) is 12.0. The maximum Gasteiger partial charge on any atom is 0.0537 e. The Morgan fingerprint density at radius 1 is 1.39 bits per heavy atom. The molecule has 0 aromatic carbocycles. The molecule has 0 aliphatic rings. The van der Waals surface area contributed by atoms with Crippen LogP contribution in [0.2, 0.25) is 0 Å².